The number of aliphatic imine (C=N–C) groups is 1. The van der Waals surface area contributed by atoms with Crippen molar-refractivity contribution in [1.29, 1.82) is 0 Å². The zero-order valence-electron chi connectivity index (χ0n) is 8.10. The molecule has 82 valence electrons. The Balaban J connectivity index is 1.93. The Morgan fingerprint density at radius 3 is 3.20 bits per heavy atom. The summed E-state index contributed by atoms with van der Waals surface area (Å²) in [4.78, 5) is 7.56. The molecule has 2 N–H and O–H groups in total. The minimum atomic E-state index is 0.0982. The van der Waals surface area contributed by atoms with Gasteiger partial charge in [0.25, 0.3) is 0 Å². The van der Waals surface area contributed by atoms with Crippen molar-refractivity contribution in [3.8, 4) is 5.88 Å². The number of aromatic amines is 1. The average molecular weight is 244 g/mol. The third-order valence-corrected chi connectivity index (χ3v) is 3.36. The summed E-state index contributed by atoms with van der Waals surface area (Å²) in [5.74, 6) is 0.0982. The molecule has 0 radical (unpaired) electrons. The van der Waals surface area contributed by atoms with Crippen LogP contribution in [0.1, 0.15) is 17.7 Å². The lowest BCUT2D eigenvalue weighted by molar-refractivity contribution is 0.118. The van der Waals surface area contributed by atoms with Gasteiger partial charge in [-0.05, 0) is 25.1 Å². The van der Waals surface area contributed by atoms with Crippen LogP contribution >= 0.6 is 23.6 Å². The van der Waals surface area contributed by atoms with Gasteiger partial charge in [-0.25, -0.2) is 0 Å². The normalized spacial score (nSPS) is 21.5. The van der Waals surface area contributed by atoms with E-state index in [1.54, 1.807) is 6.21 Å². The molecule has 0 unspecified atom stereocenters. The highest BCUT2D eigenvalue weighted by molar-refractivity contribution is 7.73. The second-order valence-electron chi connectivity index (χ2n) is 3.36. The van der Waals surface area contributed by atoms with Gasteiger partial charge in [-0.1, -0.05) is 11.3 Å². The smallest absolute Gasteiger partial charge is 0.209 e. The lowest BCUT2D eigenvalue weighted by Crippen LogP contribution is -2.08. The Bertz CT molecular complexity index is 404. The highest BCUT2D eigenvalue weighted by Crippen LogP contribution is 2.19. The zero-order chi connectivity index (χ0) is 10.7. The van der Waals surface area contributed by atoms with E-state index >= 15 is 0 Å². The number of nitrogens with zero attached hydrogens (tertiary/aromatic N) is 1. The van der Waals surface area contributed by atoms with Crippen molar-refractivity contribution in [2.75, 3.05) is 13.2 Å². The first-order valence-corrected chi connectivity index (χ1v) is 6.01. The third kappa shape index (κ3) is 2.87. The van der Waals surface area contributed by atoms with E-state index in [-0.39, 0.29) is 12.0 Å². The van der Waals surface area contributed by atoms with Crippen LogP contribution in [0.4, 0.5) is 0 Å². The fourth-order valence-electron chi connectivity index (χ4n) is 1.46. The first-order valence-electron chi connectivity index (χ1n) is 4.79. The number of H-pyrrole nitrogens is 1. The SMILES string of the molecule is Oc1[nH]c(=S)sc1C=NC[C@@H]1CCCO1. The van der Waals surface area contributed by atoms with Crippen LogP contribution in [0.3, 0.4) is 0 Å². The average Bonchev–Trinajstić information content (AvgIpc) is 2.77. The van der Waals surface area contributed by atoms with Crippen molar-refractivity contribution >= 4 is 29.8 Å². The number of ether oxygens (including phenoxy) is 1. The second-order valence-corrected chi connectivity index (χ2v) is 5.08. The highest BCUT2D eigenvalue weighted by Gasteiger charge is 2.14. The van der Waals surface area contributed by atoms with Gasteiger partial charge in [0.15, 0.2) is 3.95 Å². The van der Waals surface area contributed by atoms with Gasteiger partial charge in [0, 0.05) is 12.8 Å². The van der Waals surface area contributed by atoms with Crippen LogP contribution in [-0.2, 0) is 4.74 Å². The molecule has 4 nitrogen and oxygen atoms in total. The molecule has 2 heterocycles. The van der Waals surface area contributed by atoms with Crippen molar-refractivity contribution < 1.29 is 9.84 Å². The van der Waals surface area contributed by atoms with E-state index in [0.717, 1.165) is 19.4 Å². The highest BCUT2D eigenvalue weighted by atomic mass is 32.1. The first kappa shape index (κ1) is 10.8. The number of aromatic hydroxyl groups is 1. The van der Waals surface area contributed by atoms with E-state index < -0.39 is 0 Å². The van der Waals surface area contributed by atoms with Crippen molar-refractivity contribution in [1.82, 2.24) is 4.98 Å². The quantitative estimate of drug-likeness (QED) is 0.632. The van der Waals surface area contributed by atoms with Crippen LogP contribution in [0.15, 0.2) is 4.99 Å². The molecular formula is C9H12N2O2S2. The summed E-state index contributed by atoms with van der Waals surface area (Å²) < 4.78 is 5.99. The molecular weight excluding hydrogens is 232 g/mol. The molecule has 1 aliphatic heterocycles. The molecule has 1 aromatic rings. The second kappa shape index (κ2) is 4.87. The van der Waals surface area contributed by atoms with E-state index in [9.17, 15) is 5.11 Å². The molecule has 15 heavy (non-hydrogen) atoms. The summed E-state index contributed by atoms with van der Waals surface area (Å²) in [6, 6.07) is 0. The molecule has 1 aliphatic rings. The van der Waals surface area contributed by atoms with Crippen molar-refractivity contribution in [2.24, 2.45) is 4.99 Å². The molecule has 1 aromatic heterocycles. The monoisotopic (exact) mass is 244 g/mol. The maximum absolute atomic E-state index is 9.39. The van der Waals surface area contributed by atoms with E-state index in [2.05, 4.69) is 9.98 Å². The Morgan fingerprint density at radius 1 is 1.73 bits per heavy atom. The summed E-state index contributed by atoms with van der Waals surface area (Å²) in [5.41, 5.74) is 0. The fraction of sp³-hybridized carbons (Fsp3) is 0.556. The van der Waals surface area contributed by atoms with Gasteiger partial charge in [-0.15, -0.1) is 0 Å². The number of hydrogen-bond acceptors (Lipinski definition) is 5. The Kier molecular flexibility index (Phi) is 3.50. The van der Waals surface area contributed by atoms with Gasteiger partial charge in [-0.2, -0.15) is 0 Å². The van der Waals surface area contributed by atoms with E-state index in [1.165, 1.54) is 11.3 Å². The molecule has 0 aliphatic carbocycles. The van der Waals surface area contributed by atoms with Crippen LogP contribution in [0.25, 0.3) is 0 Å². The summed E-state index contributed by atoms with van der Waals surface area (Å²) in [5, 5.41) is 9.39. The van der Waals surface area contributed by atoms with Crippen LogP contribution in [0.5, 0.6) is 5.88 Å². The molecule has 0 saturated carbocycles. The topological polar surface area (TPSA) is 57.6 Å². The molecule has 0 amide bonds. The summed E-state index contributed by atoms with van der Waals surface area (Å²) in [7, 11) is 0. The largest absolute Gasteiger partial charge is 0.494 e. The number of rotatable bonds is 3. The maximum atomic E-state index is 9.39. The summed E-state index contributed by atoms with van der Waals surface area (Å²) in [6.45, 7) is 1.50. The molecule has 0 aromatic carbocycles. The lowest BCUT2D eigenvalue weighted by atomic mass is 10.2. The van der Waals surface area contributed by atoms with Gasteiger partial charge in [0.1, 0.15) is 4.88 Å². The summed E-state index contributed by atoms with van der Waals surface area (Å²) >= 11 is 6.21. The minimum absolute atomic E-state index is 0.0982. The predicted molar refractivity (Wildman–Crippen MR) is 62.6 cm³/mol. The van der Waals surface area contributed by atoms with E-state index in [4.69, 9.17) is 17.0 Å². The lowest BCUT2D eigenvalue weighted by Gasteiger charge is -2.03. The number of hydrogen-bond donors (Lipinski definition) is 2. The standard InChI is InChI=1S/C9H12N2O2S2/c12-8-7(15-9(14)11-8)5-10-4-6-2-1-3-13-6/h5-6,12H,1-4H2,(H,11,14)/t6-/m0/s1. The van der Waals surface area contributed by atoms with Crippen molar-refractivity contribution in [3.63, 3.8) is 0 Å². The zero-order valence-corrected chi connectivity index (χ0v) is 9.74. The molecule has 0 bridgehead atoms. The Hall–Kier alpha value is -0.720. The van der Waals surface area contributed by atoms with Crippen LogP contribution < -0.4 is 0 Å². The summed E-state index contributed by atoms with van der Waals surface area (Å²) in [6.07, 6.45) is 4.09. The molecule has 1 fully saturated rings. The molecule has 6 heteroatoms. The number of nitrogens with one attached hydrogen (secondary N) is 1. The van der Waals surface area contributed by atoms with Crippen LogP contribution in [-0.4, -0.2) is 35.6 Å². The van der Waals surface area contributed by atoms with Gasteiger partial charge in [0.2, 0.25) is 5.88 Å². The van der Waals surface area contributed by atoms with Gasteiger partial charge < -0.3 is 14.8 Å². The number of aromatic nitrogens is 1. The van der Waals surface area contributed by atoms with Gasteiger partial charge in [-0.3, -0.25) is 4.99 Å². The number of thiazole rings is 1. The molecule has 0 spiro atoms. The maximum Gasteiger partial charge on any atom is 0.209 e. The molecule has 2 rings (SSSR count). The fourth-order valence-corrected chi connectivity index (χ4v) is 2.45. The van der Waals surface area contributed by atoms with Gasteiger partial charge in [0.05, 0.1) is 12.6 Å². The molecule has 1 atom stereocenters. The third-order valence-electron chi connectivity index (χ3n) is 2.20. The van der Waals surface area contributed by atoms with Crippen LogP contribution in [0.2, 0.25) is 0 Å². The Morgan fingerprint density at radius 2 is 2.60 bits per heavy atom. The van der Waals surface area contributed by atoms with E-state index in [1.807, 2.05) is 0 Å². The van der Waals surface area contributed by atoms with Crippen molar-refractivity contribution in [2.45, 2.75) is 18.9 Å². The van der Waals surface area contributed by atoms with E-state index in [0.29, 0.717) is 15.4 Å². The molecule has 1 saturated heterocycles. The van der Waals surface area contributed by atoms with Crippen molar-refractivity contribution in [3.05, 3.63) is 8.83 Å². The predicted octanol–water partition coefficient (Wildman–Crippen LogP) is 2.11. The first-order chi connectivity index (χ1) is 7.25. The van der Waals surface area contributed by atoms with Crippen LogP contribution in [0, 0.1) is 3.95 Å². The Labute approximate surface area is 96.6 Å². The van der Waals surface area contributed by atoms with Gasteiger partial charge >= 0.3 is 0 Å². The minimum Gasteiger partial charge on any atom is -0.494 e.